The third kappa shape index (κ3) is 2.69. The molecule has 0 aromatic carbocycles. The zero-order valence-corrected chi connectivity index (χ0v) is 7.92. The van der Waals surface area contributed by atoms with Crippen LogP contribution in [0.15, 0.2) is 0 Å². The fourth-order valence-corrected chi connectivity index (χ4v) is 1.70. The van der Waals surface area contributed by atoms with Gasteiger partial charge in [0.25, 0.3) is 0 Å². The number of hydrogen-bond acceptors (Lipinski definition) is 3. The Morgan fingerprint density at radius 1 is 1.38 bits per heavy atom. The lowest BCUT2D eigenvalue weighted by molar-refractivity contribution is -0.146. The molecule has 0 radical (unpaired) electrons. The number of esters is 1. The second-order valence-electron chi connectivity index (χ2n) is 4.12. The molecule has 1 heterocycles. The van der Waals surface area contributed by atoms with Gasteiger partial charge in [-0.05, 0) is 32.2 Å². The number of carbonyl (C=O) groups is 1. The largest absolute Gasteiger partial charge is 0.465 e. The summed E-state index contributed by atoms with van der Waals surface area (Å²) >= 11 is 0. The summed E-state index contributed by atoms with van der Waals surface area (Å²) in [5.74, 6) is 0.832. The Balaban J connectivity index is 1.62. The average Bonchev–Trinajstić information content (AvgIpc) is 2.99. The van der Waals surface area contributed by atoms with E-state index in [1.165, 1.54) is 12.8 Å². The molecule has 1 N–H and O–H groups in total. The molecule has 2 aliphatic rings. The molecule has 0 aromatic rings. The number of piperidine rings is 1. The molecule has 1 saturated carbocycles. The fraction of sp³-hybridized carbons (Fsp3) is 0.900. The van der Waals surface area contributed by atoms with Crippen LogP contribution >= 0.6 is 0 Å². The maximum Gasteiger partial charge on any atom is 0.308 e. The van der Waals surface area contributed by atoms with Gasteiger partial charge in [-0.1, -0.05) is 0 Å². The predicted octanol–water partition coefficient (Wildman–Crippen LogP) is 0.939. The van der Waals surface area contributed by atoms with Gasteiger partial charge in [-0.3, -0.25) is 4.79 Å². The lowest BCUT2D eigenvalue weighted by Gasteiger charge is -2.22. The molecule has 0 amide bonds. The van der Waals surface area contributed by atoms with Crippen LogP contribution in [-0.4, -0.2) is 25.7 Å². The number of carbonyl (C=O) groups excluding carboxylic acids is 1. The molecule has 0 bridgehead atoms. The first-order chi connectivity index (χ1) is 6.36. The van der Waals surface area contributed by atoms with Crippen LogP contribution in [0, 0.1) is 11.8 Å². The fourth-order valence-electron chi connectivity index (χ4n) is 1.70. The van der Waals surface area contributed by atoms with Crippen molar-refractivity contribution in [3.8, 4) is 0 Å². The lowest BCUT2D eigenvalue weighted by atomic mass is 10.0. The molecule has 2 fully saturated rings. The van der Waals surface area contributed by atoms with E-state index in [0.29, 0.717) is 12.5 Å². The van der Waals surface area contributed by atoms with Crippen LogP contribution in [-0.2, 0) is 9.53 Å². The quantitative estimate of drug-likeness (QED) is 0.662. The normalized spacial score (nSPS) is 28.5. The zero-order chi connectivity index (χ0) is 9.10. The van der Waals surface area contributed by atoms with Gasteiger partial charge in [0, 0.05) is 12.5 Å². The molecule has 1 saturated heterocycles. The Hall–Kier alpha value is -0.570. The molecular formula is C10H17NO2. The first-order valence-corrected chi connectivity index (χ1v) is 5.23. The number of hydrogen-bond donors (Lipinski definition) is 1. The van der Waals surface area contributed by atoms with Crippen LogP contribution in [0.2, 0.25) is 0 Å². The molecule has 3 heteroatoms. The van der Waals surface area contributed by atoms with Crippen LogP contribution in [0.1, 0.15) is 25.7 Å². The molecule has 0 spiro atoms. The van der Waals surface area contributed by atoms with Crippen LogP contribution < -0.4 is 5.32 Å². The maximum absolute atomic E-state index is 11.2. The first kappa shape index (κ1) is 9.00. The van der Waals surface area contributed by atoms with Crippen LogP contribution in [0.3, 0.4) is 0 Å². The van der Waals surface area contributed by atoms with E-state index in [1.54, 1.807) is 0 Å². The highest BCUT2D eigenvalue weighted by molar-refractivity contribution is 5.74. The maximum atomic E-state index is 11.2. The summed E-state index contributed by atoms with van der Waals surface area (Å²) in [6.07, 6.45) is 4.50. The van der Waals surface area contributed by atoms with Crippen molar-refractivity contribution >= 4 is 5.97 Å². The van der Waals surface area contributed by atoms with Crippen molar-refractivity contribution in [3.63, 3.8) is 0 Å². The van der Waals surface area contributed by atoms with E-state index in [2.05, 4.69) is 5.32 Å². The van der Waals surface area contributed by atoms with E-state index in [0.717, 1.165) is 25.9 Å². The van der Waals surface area contributed by atoms with Crippen molar-refractivity contribution in [3.05, 3.63) is 0 Å². The molecular weight excluding hydrogens is 166 g/mol. The molecule has 1 atom stereocenters. The average molecular weight is 183 g/mol. The van der Waals surface area contributed by atoms with Gasteiger partial charge < -0.3 is 10.1 Å². The monoisotopic (exact) mass is 183 g/mol. The second kappa shape index (κ2) is 4.09. The van der Waals surface area contributed by atoms with Gasteiger partial charge in [-0.15, -0.1) is 0 Å². The molecule has 1 aliphatic carbocycles. The topological polar surface area (TPSA) is 38.3 Å². The Morgan fingerprint density at radius 3 is 2.85 bits per heavy atom. The lowest BCUT2D eigenvalue weighted by Crippen LogP contribution is -2.33. The predicted molar refractivity (Wildman–Crippen MR) is 49.3 cm³/mol. The van der Waals surface area contributed by atoms with Crippen LogP contribution in [0.4, 0.5) is 0 Å². The highest BCUT2D eigenvalue weighted by atomic mass is 16.5. The van der Waals surface area contributed by atoms with Gasteiger partial charge in [0.15, 0.2) is 0 Å². The Bertz CT molecular complexity index is 183. The van der Waals surface area contributed by atoms with Crippen molar-refractivity contribution in [2.24, 2.45) is 11.8 Å². The zero-order valence-electron chi connectivity index (χ0n) is 7.92. The van der Waals surface area contributed by atoms with Gasteiger partial charge >= 0.3 is 5.97 Å². The van der Waals surface area contributed by atoms with E-state index in [4.69, 9.17) is 4.74 Å². The number of ether oxygens (including phenoxy) is 1. The number of nitrogens with one attached hydrogen (secondary N) is 1. The summed E-state index contributed by atoms with van der Waals surface area (Å²) in [7, 11) is 0. The van der Waals surface area contributed by atoms with Crippen molar-refractivity contribution in [2.75, 3.05) is 19.7 Å². The van der Waals surface area contributed by atoms with Crippen molar-refractivity contribution in [1.29, 1.82) is 0 Å². The van der Waals surface area contributed by atoms with Gasteiger partial charge in [-0.25, -0.2) is 0 Å². The van der Waals surface area contributed by atoms with E-state index < -0.39 is 0 Å². The first-order valence-electron chi connectivity index (χ1n) is 5.23. The molecule has 0 aromatic heterocycles. The van der Waals surface area contributed by atoms with Crippen molar-refractivity contribution < 1.29 is 9.53 Å². The molecule has 0 unspecified atom stereocenters. The van der Waals surface area contributed by atoms with Gasteiger partial charge in [0.2, 0.25) is 0 Å². The Morgan fingerprint density at radius 2 is 2.23 bits per heavy atom. The summed E-state index contributed by atoms with van der Waals surface area (Å²) < 4.78 is 5.23. The summed E-state index contributed by atoms with van der Waals surface area (Å²) in [4.78, 5) is 11.2. The van der Waals surface area contributed by atoms with Crippen molar-refractivity contribution in [2.45, 2.75) is 25.7 Å². The van der Waals surface area contributed by atoms with E-state index in [1.807, 2.05) is 0 Å². The molecule has 13 heavy (non-hydrogen) atoms. The standard InChI is InChI=1S/C10H17NO2/c12-10(9-3-4-9)13-7-8-2-1-5-11-6-8/h8-9,11H,1-7H2/t8-/m0/s1. The number of rotatable bonds is 3. The van der Waals surface area contributed by atoms with E-state index in [-0.39, 0.29) is 11.9 Å². The second-order valence-corrected chi connectivity index (χ2v) is 4.12. The SMILES string of the molecule is O=C(OC[C@H]1CCCNC1)C1CC1. The van der Waals surface area contributed by atoms with Gasteiger partial charge in [-0.2, -0.15) is 0 Å². The summed E-state index contributed by atoms with van der Waals surface area (Å²) in [5.41, 5.74) is 0. The molecule has 74 valence electrons. The summed E-state index contributed by atoms with van der Waals surface area (Å²) in [5, 5.41) is 3.31. The Labute approximate surface area is 78.8 Å². The van der Waals surface area contributed by atoms with Crippen LogP contribution in [0.5, 0.6) is 0 Å². The highest BCUT2D eigenvalue weighted by Gasteiger charge is 2.31. The summed E-state index contributed by atoms with van der Waals surface area (Å²) in [6, 6.07) is 0. The molecule has 1 aliphatic heterocycles. The third-order valence-corrected chi connectivity index (χ3v) is 2.77. The van der Waals surface area contributed by atoms with Gasteiger partial charge in [0.1, 0.15) is 0 Å². The third-order valence-electron chi connectivity index (χ3n) is 2.77. The Kier molecular flexibility index (Phi) is 2.83. The minimum atomic E-state index is 0.0329. The summed E-state index contributed by atoms with van der Waals surface area (Å²) in [6.45, 7) is 2.76. The van der Waals surface area contributed by atoms with Crippen molar-refractivity contribution in [1.82, 2.24) is 5.32 Å². The minimum Gasteiger partial charge on any atom is -0.465 e. The smallest absolute Gasteiger partial charge is 0.308 e. The molecule has 3 nitrogen and oxygen atoms in total. The van der Waals surface area contributed by atoms with E-state index in [9.17, 15) is 4.79 Å². The van der Waals surface area contributed by atoms with Crippen LogP contribution in [0.25, 0.3) is 0 Å². The van der Waals surface area contributed by atoms with E-state index >= 15 is 0 Å². The minimum absolute atomic E-state index is 0.0329. The van der Waals surface area contributed by atoms with Gasteiger partial charge in [0.05, 0.1) is 12.5 Å². The molecule has 2 rings (SSSR count). The highest BCUT2D eigenvalue weighted by Crippen LogP contribution is 2.30.